The molecule has 2 rings (SSSR count). The van der Waals surface area contributed by atoms with Crippen molar-refractivity contribution in [3.63, 3.8) is 0 Å². The van der Waals surface area contributed by atoms with Crippen LogP contribution in [-0.4, -0.2) is 25.1 Å². The van der Waals surface area contributed by atoms with Crippen LogP contribution in [0.15, 0.2) is 23.2 Å². The van der Waals surface area contributed by atoms with E-state index in [0.29, 0.717) is 6.04 Å². The number of benzene rings is 1. The molecule has 3 nitrogen and oxygen atoms in total. The van der Waals surface area contributed by atoms with Gasteiger partial charge in [0.2, 0.25) is 0 Å². The van der Waals surface area contributed by atoms with Crippen molar-refractivity contribution in [1.82, 2.24) is 10.6 Å². The Morgan fingerprint density at radius 1 is 1.53 bits per heavy atom. The fourth-order valence-corrected chi connectivity index (χ4v) is 1.92. The zero-order chi connectivity index (χ0) is 12.3. The molecule has 0 saturated heterocycles. The number of aliphatic imine (C=N–C) groups is 1. The smallest absolute Gasteiger partial charge is 0.191 e. The van der Waals surface area contributed by atoms with E-state index in [1.807, 2.05) is 13.0 Å². The molecule has 1 unspecified atom stereocenters. The van der Waals surface area contributed by atoms with Crippen LogP contribution in [0.2, 0.25) is 0 Å². The first-order valence-corrected chi connectivity index (χ1v) is 5.95. The molecule has 0 saturated carbocycles. The molecule has 0 spiro atoms. The van der Waals surface area contributed by atoms with Crippen molar-refractivity contribution in [2.75, 3.05) is 13.1 Å². The summed E-state index contributed by atoms with van der Waals surface area (Å²) in [7, 11) is 0. The first-order chi connectivity index (χ1) is 8.15. The summed E-state index contributed by atoms with van der Waals surface area (Å²) in [5.74, 6) is 0.701. The molecule has 4 heteroatoms. The highest BCUT2D eigenvalue weighted by molar-refractivity contribution is 5.81. The number of rotatable bonds is 3. The van der Waals surface area contributed by atoms with Gasteiger partial charge in [-0.3, -0.25) is 4.99 Å². The molecule has 0 radical (unpaired) electrons. The predicted molar refractivity (Wildman–Crippen MR) is 67.7 cm³/mol. The number of nitrogens with one attached hydrogen (secondary N) is 2. The first kappa shape index (κ1) is 11.9. The van der Waals surface area contributed by atoms with Gasteiger partial charge in [0, 0.05) is 12.6 Å². The molecule has 0 fully saturated rings. The number of halogens is 1. The van der Waals surface area contributed by atoms with Gasteiger partial charge >= 0.3 is 0 Å². The second kappa shape index (κ2) is 5.17. The molecular formula is C13H18FN3. The first-order valence-electron chi connectivity index (χ1n) is 5.95. The average molecular weight is 235 g/mol. The Morgan fingerprint density at radius 3 is 3.00 bits per heavy atom. The van der Waals surface area contributed by atoms with E-state index in [2.05, 4.69) is 22.5 Å². The van der Waals surface area contributed by atoms with Gasteiger partial charge < -0.3 is 10.6 Å². The molecule has 0 aliphatic carbocycles. The standard InChI is InChI=1S/C13H18FN3/c1-9-7-12(14)4-3-11(9)5-6-15-13-16-8-10(2)17-13/h3-4,7,10H,5-6,8H2,1-2H3,(H2,15,16,17). The molecule has 17 heavy (non-hydrogen) atoms. The van der Waals surface area contributed by atoms with Gasteiger partial charge in [-0.15, -0.1) is 0 Å². The fraction of sp³-hybridized carbons (Fsp3) is 0.462. The number of aryl methyl sites for hydroxylation is 1. The van der Waals surface area contributed by atoms with E-state index < -0.39 is 0 Å². The molecule has 0 amide bonds. The SMILES string of the molecule is Cc1cc(F)ccc1CCNC1=NCC(C)N1. The van der Waals surface area contributed by atoms with E-state index in [1.54, 1.807) is 6.07 Å². The van der Waals surface area contributed by atoms with E-state index in [9.17, 15) is 4.39 Å². The zero-order valence-corrected chi connectivity index (χ0v) is 10.3. The van der Waals surface area contributed by atoms with Gasteiger partial charge in [0.25, 0.3) is 0 Å². The summed E-state index contributed by atoms with van der Waals surface area (Å²) >= 11 is 0. The number of nitrogens with zero attached hydrogens (tertiary/aromatic N) is 1. The summed E-state index contributed by atoms with van der Waals surface area (Å²) < 4.78 is 12.9. The molecule has 1 aromatic rings. The molecule has 1 aliphatic heterocycles. The summed E-state index contributed by atoms with van der Waals surface area (Å²) in [5.41, 5.74) is 2.17. The summed E-state index contributed by atoms with van der Waals surface area (Å²) in [6, 6.07) is 5.35. The Kier molecular flexibility index (Phi) is 3.61. The lowest BCUT2D eigenvalue weighted by Crippen LogP contribution is -2.38. The molecule has 1 aliphatic rings. The summed E-state index contributed by atoms with van der Waals surface area (Å²) in [4.78, 5) is 4.32. The summed E-state index contributed by atoms with van der Waals surface area (Å²) in [6.07, 6.45) is 0.876. The molecule has 92 valence electrons. The topological polar surface area (TPSA) is 36.4 Å². The van der Waals surface area contributed by atoms with E-state index in [0.717, 1.165) is 31.0 Å². The van der Waals surface area contributed by atoms with Crippen LogP contribution in [-0.2, 0) is 6.42 Å². The van der Waals surface area contributed by atoms with Crippen LogP contribution in [0.25, 0.3) is 0 Å². The lowest BCUT2D eigenvalue weighted by Gasteiger charge is -2.10. The lowest BCUT2D eigenvalue weighted by molar-refractivity contribution is 0.625. The van der Waals surface area contributed by atoms with Gasteiger partial charge in [0.05, 0.1) is 6.54 Å². The van der Waals surface area contributed by atoms with E-state index in [4.69, 9.17) is 0 Å². The highest BCUT2D eigenvalue weighted by atomic mass is 19.1. The van der Waals surface area contributed by atoms with Gasteiger partial charge in [-0.25, -0.2) is 4.39 Å². The Balaban J connectivity index is 1.82. The molecule has 1 atom stereocenters. The second-order valence-corrected chi connectivity index (χ2v) is 4.48. The molecule has 0 aromatic heterocycles. The normalized spacial score (nSPS) is 18.8. The van der Waals surface area contributed by atoms with Crippen molar-refractivity contribution < 1.29 is 4.39 Å². The molecular weight excluding hydrogens is 217 g/mol. The van der Waals surface area contributed by atoms with Crippen LogP contribution in [0.3, 0.4) is 0 Å². The highest BCUT2D eigenvalue weighted by Crippen LogP contribution is 2.10. The predicted octanol–water partition coefficient (Wildman–Crippen LogP) is 1.61. The third kappa shape index (κ3) is 3.19. The van der Waals surface area contributed by atoms with Gasteiger partial charge in [0.15, 0.2) is 5.96 Å². The average Bonchev–Trinajstić information content (AvgIpc) is 2.68. The monoisotopic (exact) mass is 235 g/mol. The highest BCUT2D eigenvalue weighted by Gasteiger charge is 2.11. The minimum absolute atomic E-state index is 0.171. The zero-order valence-electron chi connectivity index (χ0n) is 10.3. The number of hydrogen-bond donors (Lipinski definition) is 2. The van der Waals surface area contributed by atoms with Crippen LogP contribution in [0.1, 0.15) is 18.1 Å². The van der Waals surface area contributed by atoms with Crippen molar-refractivity contribution in [3.8, 4) is 0 Å². The van der Waals surface area contributed by atoms with Crippen LogP contribution in [0.4, 0.5) is 4.39 Å². The second-order valence-electron chi connectivity index (χ2n) is 4.48. The quantitative estimate of drug-likeness (QED) is 0.835. The van der Waals surface area contributed by atoms with Crippen molar-refractivity contribution in [1.29, 1.82) is 0 Å². The fourth-order valence-electron chi connectivity index (χ4n) is 1.92. The summed E-state index contributed by atoms with van der Waals surface area (Å²) in [6.45, 7) is 5.68. The van der Waals surface area contributed by atoms with Crippen LogP contribution >= 0.6 is 0 Å². The van der Waals surface area contributed by atoms with Gasteiger partial charge in [-0.1, -0.05) is 6.07 Å². The van der Waals surface area contributed by atoms with Gasteiger partial charge in [0.1, 0.15) is 5.82 Å². The lowest BCUT2D eigenvalue weighted by atomic mass is 10.1. The Bertz CT molecular complexity index is 429. The van der Waals surface area contributed by atoms with Crippen molar-refractivity contribution in [2.45, 2.75) is 26.3 Å². The number of guanidine groups is 1. The van der Waals surface area contributed by atoms with Crippen LogP contribution in [0.5, 0.6) is 0 Å². The minimum Gasteiger partial charge on any atom is -0.356 e. The molecule has 2 N–H and O–H groups in total. The van der Waals surface area contributed by atoms with Gasteiger partial charge in [-0.05, 0) is 43.5 Å². The summed E-state index contributed by atoms with van der Waals surface area (Å²) in [5, 5.41) is 6.49. The van der Waals surface area contributed by atoms with Crippen LogP contribution < -0.4 is 10.6 Å². The maximum Gasteiger partial charge on any atom is 0.191 e. The third-order valence-corrected chi connectivity index (χ3v) is 2.90. The minimum atomic E-state index is -0.171. The maximum absolute atomic E-state index is 12.9. The maximum atomic E-state index is 12.9. The Morgan fingerprint density at radius 2 is 2.35 bits per heavy atom. The van der Waals surface area contributed by atoms with E-state index in [-0.39, 0.29) is 5.82 Å². The largest absolute Gasteiger partial charge is 0.356 e. The number of hydrogen-bond acceptors (Lipinski definition) is 3. The Labute approximate surface area is 101 Å². The van der Waals surface area contributed by atoms with E-state index in [1.165, 1.54) is 11.6 Å². The molecule has 0 bridgehead atoms. The molecule has 1 heterocycles. The Hall–Kier alpha value is -1.58. The van der Waals surface area contributed by atoms with Crippen molar-refractivity contribution in [3.05, 3.63) is 35.1 Å². The van der Waals surface area contributed by atoms with Gasteiger partial charge in [-0.2, -0.15) is 0 Å². The van der Waals surface area contributed by atoms with Crippen LogP contribution in [0, 0.1) is 12.7 Å². The van der Waals surface area contributed by atoms with Crippen molar-refractivity contribution >= 4 is 5.96 Å². The van der Waals surface area contributed by atoms with Crippen molar-refractivity contribution in [2.24, 2.45) is 4.99 Å². The molecule has 1 aromatic carbocycles. The third-order valence-electron chi connectivity index (χ3n) is 2.90. The van der Waals surface area contributed by atoms with E-state index >= 15 is 0 Å².